The van der Waals surface area contributed by atoms with Crippen LogP contribution >= 0.6 is 0 Å². The van der Waals surface area contributed by atoms with Gasteiger partial charge in [0.15, 0.2) is 0 Å². The van der Waals surface area contributed by atoms with Crippen molar-refractivity contribution in [1.29, 1.82) is 0 Å². The predicted molar refractivity (Wildman–Crippen MR) is 89.2 cm³/mol. The average Bonchev–Trinajstić information content (AvgIpc) is 3.19. The number of fused-ring (bicyclic) bond motifs is 1. The van der Waals surface area contributed by atoms with Gasteiger partial charge in [-0.15, -0.1) is 0 Å². The second-order valence-corrected chi connectivity index (χ2v) is 6.16. The van der Waals surface area contributed by atoms with Crippen LogP contribution < -0.4 is 0 Å². The van der Waals surface area contributed by atoms with E-state index in [1.165, 1.54) is 0 Å². The summed E-state index contributed by atoms with van der Waals surface area (Å²) in [5, 5.41) is 4.31. The molecule has 4 rings (SSSR count). The van der Waals surface area contributed by atoms with Gasteiger partial charge in [-0.3, -0.25) is 9.48 Å². The number of amides is 1. The van der Waals surface area contributed by atoms with Gasteiger partial charge in [0.1, 0.15) is 5.82 Å². The monoisotopic (exact) mass is 321 g/mol. The summed E-state index contributed by atoms with van der Waals surface area (Å²) >= 11 is 0. The molecule has 0 bridgehead atoms. The second kappa shape index (κ2) is 5.63. The van der Waals surface area contributed by atoms with Gasteiger partial charge in [-0.1, -0.05) is 30.3 Å². The van der Waals surface area contributed by atoms with Crippen molar-refractivity contribution in [3.05, 3.63) is 71.6 Å². The summed E-state index contributed by atoms with van der Waals surface area (Å²) in [5.74, 6) is 0.917. The first-order chi connectivity index (χ1) is 11.6. The Balaban J connectivity index is 1.75. The second-order valence-electron chi connectivity index (χ2n) is 6.16. The summed E-state index contributed by atoms with van der Waals surface area (Å²) in [6.07, 6.45) is 5.56. The number of aromatic nitrogens is 4. The van der Waals surface area contributed by atoms with E-state index in [2.05, 4.69) is 26.8 Å². The molecule has 6 heteroatoms. The van der Waals surface area contributed by atoms with Crippen LogP contribution in [0.5, 0.6) is 0 Å². The third kappa shape index (κ3) is 2.40. The van der Waals surface area contributed by atoms with Crippen LogP contribution in [-0.4, -0.2) is 30.1 Å². The molecule has 1 atom stereocenters. The smallest absolute Gasteiger partial charge is 0.258 e. The van der Waals surface area contributed by atoms with Gasteiger partial charge in [-0.05, 0) is 12.5 Å². The molecule has 3 aromatic rings. The minimum Gasteiger partial charge on any atom is -0.331 e. The molecule has 3 heterocycles. The van der Waals surface area contributed by atoms with Gasteiger partial charge in [0, 0.05) is 32.2 Å². The minimum atomic E-state index is -0.0139. The van der Waals surface area contributed by atoms with Gasteiger partial charge in [-0.25, -0.2) is 4.98 Å². The summed E-state index contributed by atoms with van der Waals surface area (Å²) in [6, 6.07) is 10.1. The summed E-state index contributed by atoms with van der Waals surface area (Å²) in [4.78, 5) is 19.5. The molecule has 0 fully saturated rings. The van der Waals surface area contributed by atoms with E-state index in [4.69, 9.17) is 0 Å². The molecule has 0 aliphatic carbocycles. The van der Waals surface area contributed by atoms with Crippen LogP contribution in [0.1, 0.15) is 33.5 Å². The van der Waals surface area contributed by atoms with E-state index in [9.17, 15) is 4.79 Å². The molecule has 2 aromatic heterocycles. The van der Waals surface area contributed by atoms with E-state index >= 15 is 0 Å². The van der Waals surface area contributed by atoms with E-state index < -0.39 is 0 Å². The summed E-state index contributed by atoms with van der Waals surface area (Å²) in [5.41, 5.74) is 2.54. The van der Waals surface area contributed by atoms with Crippen LogP contribution in [0.3, 0.4) is 0 Å². The lowest BCUT2D eigenvalue weighted by molar-refractivity contribution is 0.0583. The van der Waals surface area contributed by atoms with E-state index in [1.54, 1.807) is 17.1 Å². The van der Waals surface area contributed by atoms with E-state index in [0.717, 1.165) is 17.1 Å². The molecule has 0 spiro atoms. The van der Waals surface area contributed by atoms with Crippen LogP contribution in [0.4, 0.5) is 0 Å². The lowest BCUT2D eigenvalue weighted by Gasteiger charge is -2.36. The third-order valence-electron chi connectivity index (χ3n) is 4.55. The first-order valence-corrected chi connectivity index (χ1v) is 7.99. The lowest BCUT2D eigenvalue weighted by atomic mass is 10.0. The largest absolute Gasteiger partial charge is 0.331 e. The minimum absolute atomic E-state index is 0.00343. The Morgan fingerprint density at radius 2 is 2.04 bits per heavy atom. The van der Waals surface area contributed by atoms with Gasteiger partial charge in [0.05, 0.1) is 23.8 Å². The molecular weight excluding hydrogens is 302 g/mol. The Kier molecular flexibility index (Phi) is 3.45. The van der Waals surface area contributed by atoms with E-state index in [0.29, 0.717) is 18.7 Å². The molecule has 0 unspecified atom stereocenters. The normalized spacial score (nSPS) is 16.9. The Labute approximate surface area is 140 Å². The Bertz CT molecular complexity index is 880. The Hall–Kier alpha value is -2.89. The number of aryl methyl sites for hydroxylation is 2. The molecule has 1 aromatic carbocycles. The summed E-state index contributed by atoms with van der Waals surface area (Å²) in [6.45, 7) is 3.08. The molecule has 1 amide bonds. The highest BCUT2D eigenvalue weighted by atomic mass is 16.2. The number of carbonyl (C=O) groups is 1. The molecule has 24 heavy (non-hydrogen) atoms. The molecule has 0 saturated heterocycles. The maximum Gasteiger partial charge on any atom is 0.258 e. The Morgan fingerprint density at radius 3 is 2.75 bits per heavy atom. The number of rotatable bonds is 2. The molecule has 122 valence electrons. The number of nitrogens with zero attached hydrogens (tertiary/aromatic N) is 5. The van der Waals surface area contributed by atoms with Crippen LogP contribution in [0.15, 0.2) is 48.9 Å². The average molecular weight is 321 g/mol. The van der Waals surface area contributed by atoms with Crippen molar-refractivity contribution in [3.8, 4) is 0 Å². The zero-order chi connectivity index (χ0) is 16.7. The van der Waals surface area contributed by atoms with Gasteiger partial charge >= 0.3 is 0 Å². The quantitative estimate of drug-likeness (QED) is 0.728. The number of imidazole rings is 1. The van der Waals surface area contributed by atoms with Crippen LogP contribution in [0.25, 0.3) is 0 Å². The van der Waals surface area contributed by atoms with Crippen molar-refractivity contribution in [3.63, 3.8) is 0 Å². The summed E-state index contributed by atoms with van der Waals surface area (Å²) in [7, 11) is 1.83. The third-order valence-corrected chi connectivity index (χ3v) is 4.55. The zero-order valence-electron chi connectivity index (χ0n) is 13.8. The highest BCUT2D eigenvalue weighted by molar-refractivity contribution is 5.95. The van der Waals surface area contributed by atoms with Crippen molar-refractivity contribution in [2.45, 2.75) is 26.1 Å². The number of hydrogen-bond acceptors (Lipinski definition) is 3. The highest BCUT2D eigenvalue weighted by Crippen LogP contribution is 2.30. The van der Waals surface area contributed by atoms with E-state index in [-0.39, 0.29) is 11.9 Å². The maximum atomic E-state index is 13.2. The molecule has 0 N–H and O–H groups in total. The fraction of sp³-hybridized carbons (Fsp3) is 0.278. The van der Waals surface area contributed by atoms with Crippen LogP contribution in [0, 0.1) is 6.92 Å². The SMILES string of the molecule is Cc1nn(C)cc1C(=O)N1Cc2nccn2C[C@H]1c1ccccc1. The van der Waals surface area contributed by atoms with E-state index in [1.807, 2.05) is 43.3 Å². The molecule has 1 aliphatic heterocycles. The number of benzene rings is 1. The molecule has 0 saturated carbocycles. The predicted octanol–water partition coefficient (Wildman–Crippen LogP) is 2.32. The Morgan fingerprint density at radius 1 is 1.25 bits per heavy atom. The van der Waals surface area contributed by atoms with Gasteiger partial charge in [0.25, 0.3) is 5.91 Å². The fourth-order valence-corrected chi connectivity index (χ4v) is 3.34. The highest BCUT2D eigenvalue weighted by Gasteiger charge is 2.33. The van der Waals surface area contributed by atoms with Gasteiger partial charge < -0.3 is 9.47 Å². The number of carbonyl (C=O) groups excluding carboxylic acids is 1. The number of hydrogen-bond donors (Lipinski definition) is 0. The zero-order valence-corrected chi connectivity index (χ0v) is 13.8. The lowest BCUT2D eigenvalue weighted by Crippen LogP contribution is -2.41. The maximum absolute atomic E-state index is 13.2. The van der Waals surface area contributed by atoms with Crippen LogP contribution in [-0.2, 0) is 20.1 Å². The van der Waals surface area contributed by atoms with Crippen molar-refractivity contribution < 1.29 is 4.79 Å². The molecule has 0 radical (unpaired) electrons. The fourth-order valence-electron chi connectivity index (χ4n) is 3.34. The van der Waals surface area contributed by atoms with Gasteiger partial charge in [-0.2, -0.15) is 5.10 Å². The van der Waals surface area contributed by atoms with Crippen molar-refractivity contribution in [1.82, 2.24) is 24.2 Å². The van der Waals surface area contributed by atoms with Gasteiger partial charge in [0.2, 0.25) is 0 Å². The van der Waals surface area contributed by atoms with Crippen molar-refractivity contribution in [2.75, 3.05) is 0 Å². The first-order valence-electron chi connectivity index (χ1n) is 7.99. The van der Waals surface area contributed by atoms with Crippen molar-refractivity contribution in [2.24, 2.45) is 7.05 Å². The van der Waals surface area contributed by atoms with Crippen molar-refractivity contribution >= 4 is 5.91 Å². The van der Waals surface area contributed by atoms with Crippen LogP contribution in [0.2, 0.25) is 0 Å². The first kappa shape index (κ1) is 14.7. The molecule has 1 aliphatic rings. The molecule has 6 nitrogen and oxygen atoms in total. The summed E-state index contributed by atoms with van der Waals surface area (Å²) < 4.78 is 3.81. The standard InChI is InChI=1S/C18H19N5O/c1-13-15(10-21(2)20-13)18(24)23-12-17-19-8-9-22(17)11-16(23)14-6-4-3-5-7-14/h3-10,16H,11-12H2,1-2H3/t16-/m0/s1. The molecular formula is C18H19N5O. The topological polar surface area (TPSA) is 56.0 Å².